The summed E-state index contributed by atoms with van der Waals surface area (Å²) in [6.07, 6.45) is 2.57. The third kappa shape index (κ3) is 7.90. The van der Waals surface area contributed by atoms with Crippen LogP contribution in [0.5, 0.6) is 0 Å². The topological polar surface area (TPSA) is 104 Å². The Morgan fingerprint density at radius 1 is 0.745 bits per heavy atom. The number of nitrogens with one attached hydrogen (secondary N) is 3. The second-order valence-electron chi connectivity index (χ2n) is 14.6. The van der Waals surface area contributed by atoms with Crippen molar-refractivity contribution >= 4 is 28.8 Å². The number of alkyl carbamates (subject to hydrolysis) is 1. The van der Waals surface area contributed by atoms with Crippen LogP contribution in [0.25, 0.3) is 22.0 Å². The standard InChI is InChI=1S/C47H46N4O4/c52-45(29-39(32-16-4-1-5-17-32)33-18-6-2-7-19-33)50-43-28-40-38-24-12-13-25-42(38)49-44(40)30-51(46(43)53)27-15-3-14-26-48-47(54)55-31-41-36-22-10-8-20-34(36)35-21-9-11-23-37(35)41/h1-2,4-13,16-25,39,41,43,49H,3,14-15,26-31H2,(H,48,54)(H,50,52)/t43-/m1/s1. The lowest BCUT2D eigenvalue weighted by atomic mass is 9.88. The number of ether oxygens (including phenoxy) is 1. The van der Waals surface area contributed by atoms with Gasteiger partial charge in [-0.05, 0) is 64.3 Å². The van der Waals surface area contributed by atoms with Gasteiger partial charge in [-0.3, -0.25) is 9.59 Å². The van der Waals surface area contributed by atoms with Crippen LogP contribution in [-0.2, 0) is 27.3 Å². The van der Waals surface area contributed by atoms with Crippen molar-refractivity contribution in [2.24, 2.45) is 0 Å². The van der Waals surface area contributed by atoms with Crippen molar-refractivity contribution in [3.63, 3.8) is 0 Å². The number of carbonyl (C=O) groups excluding carboxylic acids is 3. The van der Waals surface area contributed by atoms with Crippen LogP contribution in [0.3, 0.4) is 0 Å². The summed E-state index contributed by atoms with van der Waals surface area (Å²) in [5.74, 6) is -0.344. The Morgan fingerprint density at radius 3 is 2.05 bits per heavy atom. The molecule has 1 aromatic heterocycles. The highest BCUT2D eigenvalue weighted by atomic mass is 16.5. The minimum atomic E-state index is -0.685. The lowest BCUT2D eigenvalue weighted by Crippen LogP contribution is -2.48. The maximum Gasteiger partial charge on any atom is 0.407 e. The molecule has 3 amide bonds. The van der Waals surface area contributed by atoms with Crippen molar-refractivity contribution in [1.82, 2.24) is 20.5 Å². The first kappa shape index (κ1) is 35.9. The number of fused-ring (bicyclic) bond motifs is 6. The highest BCUT2D eigenvalue weighted by Crippen LogP contribution is 2.44. The molecule has 1 atom stereocenters. The molecule has 0 bridgehead atoms. The van der Waals surface area contributed by atoms with Crippen molar-refractivity contribution in [1.29, 1.82) is 0 Å². The van der Waals surface area contributed by atoms with E-state index in [0.29, 0.717) is 26.1 Å². The predicted octanol–water partition coefficient (Wildman–Crippen LogP) is 8.47. The van der Waals surface area contributed by atoms with Crippen LogP contribution >= 0.6 is 0 Å². The van der Waals surface area contributed by atoms with Gasteiger partial charge in [-0.2, -0.15) is 0 Å². The molecule has 3 N–H and O–H groups in total. The quantitative estimate of drug-likeness (QED) is 0.104. The molecule has 8 heteroatoms. The highest BCUT2D eigenvalue weighted by Gasteiger charge is 2.33. The summed E-state index contributed by atoms with van der Waals surface area (Å²) in [5, 5.41) is 7.16. The maximum absolute atomic E-state index is 14.2. The fourth-order valence-electron chi connectivity index (χ4n) is 8.39. The fraction of sp³-hybridized carbons (Fsp3) is 0.255. The second-order valence-corrected chi connectivity index (χ2v) is 14.6. The number of H-pyrrole nitrogens is 1. The Hall–Kier alpha value is -6.15. The van der Waals surface area contributed by atoms with E-state index in [0.717, 1.165) is 52.5 Å². The minimum Gasteiger partial charge on any atom is -0.449 e. The molecule has 0 saturated heterocycles. The Morgan fingerprint density at radius 2 is 1.36 bits per heavy atom. The predicted molar refractivity (Wildman–Crippen MR) is 216 cm³/mol. The number of hydrogen-bond acceptors (Lipinski definition) is 4. The maximum atomic E-state index is 14.2. The van der Waals surface area contributed by atoms with Crippen LogP contribution in [0.15, 0.2) is 133 Å². The van der Waals surface area contributed by atoms with E-state index in [1.54, 1.807) is 0 Å². The summed E-state index contributed by atoms with van der Waals surface area (Å²) >= 11 is 0. The van der Waals surface area contributed by atoms with E-state index >= 15 is 0 Å². The SMILES string of the molecule is O=C(CC(c1ccccc1)c1ccccc1)N[C@@H]1Cc2c([nH]c3ccccc23)CN(CCCCCNC(=O)OCC2c3ccccc3-c3ccccc32)C1=O. The van der Waals surface area contributed by atoms with Gasteiger partial charge in [-0.15, -0.1) is 0 Å². The fourth-order valence-corrected chi connectivity index (χ4v) is 8.39. The number of aromatic amines is 1. The Balaban J connectivity index is 0.869. The van der Waals surface area contributed by atoms with Crippen LogP contribution in [0, 0.1) is 0 Å². The largest absolute Gasteiger partial charge is 0.449 e. The van der Waals surface area contributed by atoms with Gasteiger partial charge in [-0.25, -0.2) is 4.79 Å². The summed E-state index contributed by atoms with van der Waals surface area (Å²) in [5.41, 5.74) is 10.00. The number of rotatable bonds is 13. The van der Waals surface area contributed by atoms with Gasteiger partial charge in [0, 0.05) is 54.4 Å². The Labute approximate surface area is 321 Å². The number of carbonyl (C=O) groups is 3. The van der Waals surface area contributed by atoms with Gasteiger partial charge < -0.3 is 25.3 Å². The lowest BCUT2D eigenvalue weighted by Gasteiger charge is -2.26. The number of hydrogen-bond donors (Lipinski definition) is 3. The molecule has 0 radical (unpaired) electrons. The zero-order valence-corrected chi connectivity index (χ0v) is 30.9. The molecule has 278 valence electrons. The number of unbranched alkanes of at least 4 members (excludes halogenated alkanes) is 2. The molecule has 55 heavy (non-hydrogen) atoms. The summed E-state index contributed by atoms with van der Waals surface area (Å²) < 4.78 is 5.70. The van der Waals surface area contributed by atoms with Crippen LogP contribution in [0.4, 0.5) is 4.79 Å². The average Bonchev–Trinajstić information content (AvgIpc) is 3.70. The first-order chi connectivity index (χ1) is 27.0. The molecule has 0 saturated carbocycles. The van der Waals surface area contributed by atoms with Crippen molar-refractivity contribution in [3.05, 3.63) is 167 Å². The van der Waals surface area contributed by atoms with Crippen LogP contribution < -0.4 is 10.6 Å². The molecule has 6 aromatic rings. The van der Waals surface area contributed by atoms with E-state index in [4.69, 9.17) is 4.74 Å². The van der Waals surface area contributed by atoms with E-state index < -0.39 is 12.1 Å². The van der Waals surface area contributed by atoms with Crippen LogP contribution in [0.1, 0.15) is 71.0 Å². The second kappa shape index (κ2) is 16.5. The van der Waals surface area contributed by atoms with E-state index in [-0.39, 0.29) is 36.7 Å². The number of benzene rings is 5. The molecule has 8 rings (SSSR count). The van der Waals surface area contributed by atoms with Gasteiger partial charge in [0.1, 0.15) is 12.6 Å². The zero-order chi connectivity index (χ0) is 37.6. The summed E-state index contributed by atoms with van der Waals surface area (Å²) in [7, 11) is 0. The van der Waals surface area contributed by atoms with Crippen molar-refractivity contribution in [2.45, 2.75) is 56.5 Å². The van der Waals surface area contributed by atoms with Crippen molar-refractivity contribution in [3.8, 4) is 11.1 Å². The van der Waals surface area contributed by atoms with E-state index in [9.17, 15) is 14.4 Å². The molecule has 2 aliphatic rings. The first-order valence-corrected chi connectivity index (χ1v) is 19.4. The van der Waals surface area contributed by atoms with E-state index in [2.05, 4.69) is 76.3 Å². The van der Waals surface area contributed by atoms with Crippen LogP contribution in [0.2, 0.25) is 0 Å². The van der Waals surface area contributed by atoms with Gasteiger partial charge in [0.15, 0.2) is 0 Å². The Kier molecular flexibility index (Phi) is 10.7. The minimum absolute atomic E-state index is 0.0184. The van der Waals surface area contributed by atoms with Crippen molar-refractivity contribution < 1.29 is 19.1 Å². The summed E-state index contributed by atoms with van der Waals surface area (Å²) in [4.78, 5) is 46.1. The lowest BCUT2D eigenvalue weighted by molar-refractivity contribution is -0.136. The molecule has 8 nitrogen and oxygen atoms in total. The zero-order valence-electron chi connectivity index (χ0n) is 30.9. The molecule has 0 fully saturated rings. The third-order valence-electron chi connectivity index (χ3n) is 11.1. The smallest absolute Gasteiger partial charge is 0.407 e. The van der Waals surface area contributed by atoms with Crippen LogP contribution in [-0.4, -0.2) is 53.5 Å². The molecule has 1 aliphatic heterocycles. The first-order valence-electron chi connectivity index (χ1n) is 19.4. The monoisotopic (exact) mass is 730 g/mol. The molecule has 0 spiro atoms. The van der Waals surface area contributed by atoms with Gasteiger partial charge in [0.05, 0.1) is 6.54 Å². The molecular formula is C47H46N4O4. The number of para-hydroxylation sites is 1. The molecule has 0 unspecified atom stereocenters. The number of aromatic nitrogens is 1. The van der Waals surface area contributed by atoms with Gasteiger partial charge in [0.2, 0.25) is 11.8 Å². The van der Waals surface area contributed by atoms with E-state index in [1.807, 2.05) is 77.7 Å². The van der Waals surface area contributed by atoms with Gasteiger partial charge >= 0.3 is 6.09 Å². The molecule has 1 aliphatic carbocycles. The Bertz CT molecular complexity index is 2200. The summed E-state index contributed by atoms with van der Waals surface area (Å²) in [6.45, 7) is 1.76. The molecule has 5 aromatic carbocycles. The third-order valence-corrected chi connectivity index (χ3v) is 11.1. The van der Waals surface area contributed by atoms with E-state index in [1.165, 1.54) is 22.3 Å². The summed E-state index contributed by atoms with van der Waals surface area (Å²) in [6, 6.07) is 44.2. The van der Waals surface area contributed by atoms with Crippen molar-refractivity contribution in [2.75, 3.05) is 19.7 Å². The molecular weight excluding hydrogens is 685 g/mol. The number of amides is 3. The number of nitrogens with zero attached hydrogens (tertiary/aromatic N) is 1. The normalized spacial score (nSPS) is 15.0. The van der Waals surface area contributed by atoms with Gasteiger partial charge in [0.25, 0.3) is 0 Å². The average molecular weight is 731 g/mol. The molecule has 2 heterocycles. The van der Waals surface area contributed by atoms with Gasteiger partial charge in [-0.1, -0.05) is 127 Å². The highest BCUT2D eigenvalue weighted by molar-refractivity contribution is 5.92.